The second-order valence-electron chi connectivity index (χ2n) is 5.25. The first kappa shape index (κ1) is 11.6. The molecule has 0 N–H and O–H groups in total. The van der Waals surface area contributed by atoms with E-state index in [9.17, 15) is 4.79 Å². The van der Waals surface area contributed by atoms with E-state index in [1.54, 1.807) is 0 Å². The van der Waals surface area contributed by atoms with Crippen LogP contribution in [0.3, 0.4) is 0 Å². The quantitative estimate of drug-likeness (QED) is 0.795. The molecule has 2 saturated heterocycles. The number of piperazine rings is 1. The maximum absolute atomic E-state index is 11.6. The Bertz CT molecular complexity index is 440. The monoisotopic (exact) mass is 244 g/mol. The number of aryl methyl sites for hydroxylation is 1. The molecule has 1 atom stereocenters. The Morgan fingerprint density at radius 1 is 1.22 bits per heavy atom. The minimum absolute atomic E-state index is 0.348. The number of rotatable bonds is 2. The Morgan fingerprint density at radius 2 is 2.00 bits per heavy atom. The fraction of sp³-hybridized carbons (Fsp3) is 0.533. The van der Waals surface area contributed by atoms with Gasteiger partial charge in [0.15, 0.2) is 0 Å². The van der Waals surface area contributed by atoms with E-state index < -0.39 is 0 Å². The van der Waals surface area contributed by atoms with Crippen LogP contribution in [-0.2, 0) is 11.2 Å². The van der Waals surface area contributed by atoms with Crippen LogP contribution in [0.2, 0.25) is 0 Å². The molecule has 0 aromatic heterocycles. The largest absolute Gasteiger partial charge is 0.368 e. The summed E-state index contributed by atoms with van der Waals surface area (Å²) in [5.74, 6) is 0.348. The molecule has 3 heteroatoms. The Labute approximate surface area is 108 Å². The summed E-state index contributed by atoms with van der Waals surface area (Å²) in [7, 11) is 0. The lowest BCUT2D eigenvalue weighted by Crippen LogP contribution is -2.51. The Hall–Kier alpha value is -1.51. The summed E-state index contributed by atoms with van der Waals surface area (Å²) in [6, 6.07) is 9.29. The summed E-state index contributed by atoms with van der Waals surface area (Å²) in [5.41, 5.74) is 2.68. The van der Waals surface area contributed by atoms with Gasteiger partial charge in [0, 0.05) is 37.8 Å². The van der Waals surface area contributed by atoms with Crippen LogP contribution in [0.25, 0.3) is 0 Å². The third-order valence-corrected chi connectivity index (χ3v) is 4.20. The van der Waals surface area contributed by atoms with Gasteiger partial charge in [-0.05, 0) is 30.5 Å². The van der Waals surface area contributed by atoms with E-state index in [0.29, 0.717) is 11.9 Å². The lowest BCUT2D eigenvalue weighted by Gasteiger charge is -2.38. The first-order chi connectivity index (χ1) is 8.78. The van der Waals surface area contributed by atoms with Crippen LogP contribution in [0.1, 0.15) is 25.3 Å². The summed E-state index contributed by atoms with van der Waals surface area (Å²) < 4.78 is 0. The third-order valence-electron chi connectivity index (χ3n) is 4.20. The molecule has 18 heavy (non-hydrogen) atoms. The zero-order chi connectivity index (χ0) is 12.5. The molecule has 3 rings (SSSR count). The van der Waals surface area contributed by atoms with Crippen LogP contribution in [0.5, 0.6) is 0 Å². The zero-order valence-electron chi connectivity index (χ0n) is 10.9. The molecule has 3 nitrogen and oxygen atoms in total. The molecule has 0 spiro atoms. The van der Waals surface area contributed by atoms with E-state index in [1.807, 2.05) is 0 Å². The van der Waals surface area contributed by atoms with Gasteiger partial charge in [0.05, 0.1) is 0 Å². The van der Waals surface area contributed by atoms with Crippen LogP contribution < -0.4 is 4.90 Å². The highest BCUT2D eigenvalue weighted by atomic mass is 16.2. The number of hydrogen-bond donors (Lipinski definition) is 0. The number of amides is 1. The van der Waals surface area contributed by atoms with E-state index in [1.165, 1.54) is 11.3 Å². The molecular weight excluding hydrogens is 224 g/mol. The van der Waals surface area contributed by atoms with Gasteiger partial charge in [0.1, 0.15) is 0 Å². The van der Waals surface area contributed by atoms with Gasteiger partial charge >= 0.3 is 0 Å². The van der Waals surface area contributed by atoms with Crippen LogP contribution in [0.4, 0.5) is 5.69 Å². The van der Waals surface area contributed by atoms with Crippen LogP contribution >= 0.6 is 0 Å². The van der Waals surface area contributed by atoms with Crippen molar-refractivity contribution in [2.75, 3.05) is 24.5 Å². The molecule has 0 radical (unpaired) electrons. The Balaban J connectivity index is 1.72. The van der Waals surface area contributed by atoms with Crippen molar-refractivity contribution in [3.05, 3.63) is 29.8 Å². The molecule has 2 aliphatic heterocycles. The molecule has 0 bridgehead atoms. The van der Waals surface area contributed by atoms with Crippen molar-refractivity contribution in [3.8, 4) is 0 Å². The van der Waals surface area contributed by atoms with Gasteiger partial charge in [-0.3, -0.25) is 4.79 Å². The lowest BCUT2D eigenvalue weighted by atomic mass is 10.1. The van der Waals surface area contributed by atoms with Crippen molar-refractivity contribution >= 4 is 11.6 Å². The van der Waals surface area contributed by atoms with Crippen molar-refractivity contribution in [2.45, 2.75) is 32.2 Å². The van der Waals surface area contributed by atoms with Crippen LogP contribution in [-0.4, -0.2) is 36.5 Å². The standard InChI is InChI=1S/C15H20N2O/c1-2-12-3-5-13(6-4-12)16-9-10-17-14(11-16)7-8-15(17)18/h3-6,14H,2,7-11H2,1H3/t14-/m0/s1. The number of nitrogens with zero attached hydrogens (tertiary/aromatic N) is 2. The normalized spacial score (nSPS) is 23.4. The maximum atomic E-state index is 11.6. The highest BCUT2D eigenvalue weighted by Crippen LogP contribution is 2.26. The average Bonchev–Trinajstić information content (AvgIpc) is 2.80. The van der Waals surface area contributed by atoms with Crippen LogP contribution in [0.15, 0.2) is 24.3 Å². The van der Waals surface area contributed by atoms with Crippen LogP contribution in [0, 0.1) is 0 Å². The molecule has 1 aromatic rings. The number of fused-ring (bicyclic) bond motifs is 1. The Kier molecular flexibility index (Phi) is 2.98. The van der Waals surface area contributed by atoms with Crippen molar-refractivity contribution < 1.29 is 4.79 Å². The first-order valence-electron chi connectivity index (χ1n) is 6.91. The zero-order valence-corrected chi connectivity index (χ0v) is 10.9. The van der Waals surface area contributed by atoms with E-state index in [2.05, 4.69) is 41.0 Å². The van der Waals surface area contributed by atoms with Gasteiger partial charge in [-0.25, -0.2) is 0 Å². The SMILES string of the molecule is CCc1ccc(N2CCN3C(=O)CC[C@H]3C2)cc1. The number of hydrogen-bond acceptors (Lipinski definition) is 2. The van der Waals surface area contributed by atoms with Gasteiger partial charge < -0.3 is 9.80 Å². The van der Waals surface area contributed by atoms with Crippen molar-refractivity contribution in [1.29, 1.82) is 0 Å². The molecule has 0 unspecified atom stereocenters. The molecule has 2 heterocycles. The third kappa shape index (κ3) is 1.98. The Morgan fingerprint density at radius 3 is 2.72 bits per heavy atom. The van der Waals surface area contributed by atoms with E-state index >= 15 is 0 Å². The maximum Gasteiger partial charge on any atom is 0.223 e. The summed E-state index contributed by atoms with van der Waals surface area (Å²) in [5, 5.41) is 0. The second kappa shape index (κ2) is 4.63. The van der Waals surface area contributed by atoms with E-state index in [-0.39, 0.29) is 0 Å². The minimum Gasteiger partial charge on any atom is -0.368 e. The number of anilines is 1. The minimum atomic E-state index is 0.348. The molecule has 0 aliphatic carbocycles. The lowest BCUT2D eigenvalue weighted by molar-refractivity contribution is -0.129. The number of carbonyl (C=O) groups excluding carboxylic acids is 1. The predicted octanol–water partition coefficient (Wildman–Crippen LogP) is 2.06. The highest BCUT2D eigenvalue weighted by Gasteiger charge is 2.35. The summed E-state index contributed by atoms with van der Waals surface area (Å²) >= 11 is 0. The van der Waals surface area contributed by atoms with Crippen molar-refractivity contribution in [1.82, 2.24) is 4.90 Å². The first-order valence-corrected chi connectivity index (χ1v) is 6.91. The molecule has 0 saturated carbocycles. The van der Waals surface area contributed by atoms with E-state index in [4.69, 9.17) is 0 Å². The fourth-order valence-corrected chi connectivity index (χ4v) is 3.04. The topological polar surface area (TPSA) is 23.6 Å². The van der Waals surface area contributed by atoms with Gasteiger partial charge in [-0.1, -0.05) is 19.1 Å². The van der Waals surface area contributed by atoms with Gasteiger partial charge in [0.2, 0.25) is 5.91 Å². The van der Waals surface area contributed by atoms with Gasteiger partial charge in [0.25, 0.3) is 0 Å². The second-order valence-corrected chi connectivity index (χ2v) is 5.25. The summed E-state index contributed by atoms with van der Waals surface area (Å²) in [6.45, 7) is 5.03. The smallest absolute Gasteiger partial charge is 0.223 e. The summed E-state index contributed by atoms with van der Waals surface area (Å²) in [6.07, 6.45) is 2.86. The molecule has 1 aromatic carbocycles. The van der Waals surface area contributed by atoms with Crippen molar-refractivity contribution in [3.63, 3.8) is 0 Å². The molecule has 2 aliphatic rings. The molecular formula is C15H20N2O. The average molecular weight is 244 g/mol. The number of carbonyl (C=O) groups is 1. The number of benzene rings is 1. The van der Waals surface area contributed by atoms with Gasteiger partial charge in [-0.15, -0.1) is 0 Å². The summed E-state index contributed by atoms with van der Waals surface area (Å²) in [4.78, 5) is 16.1. The fourth-order valence-electron chi connectivity index (χ4n) is 3.04. The highest BCUT2D eigenvalue weighted by molar-refractivity contribution is 5.79. The molecule has 96 valence electrons. The molecule has 2 fully saturated rings. The van der Waals surface area contributed by atoms with Gasteiger partial charge in [-0.2, -0.15) is 0 Å². The molecule has 1 amide bonds. The van der Waals surface area contributed by atoms with Crippen molar-refractivity contribution in [2.24, 2.45) is 0 Å². The predicted molar refractivity (Wildman–Crippen MR) is 72.8 cm³/mol. The van der Waals surface area contributed by atoms with E-state index in [0.717, 1.165) is 38.9 Å².